The minimum atomic E-state index is -5.08. The summed E-state index contributed by atoms with van der Waals surface area (Å²) in [6.45, 7) is 3.47. The third-order valence-corrected chi connectivity index (χ3v) is 5.65. The molecule has 188 valence electrons. The van der Waals surface area contributed by atoms with Gasteiger partial charge in [0.2, 0.25) is 5.54 Å². The van der Waals surface area contributed by atoms with Crippen molar-refractivity contribution in [3.63, 3.8) is 0 Å². The molecule has 36 heavy (non-hydrogen) atoms. The van der Waals surface area contributed by atoms with Gasteiger partial charge in [-0.15, -0.1) is 0 Å². The number of carbonyl (C=O) groups is 2. The van der Waals surface area contributed by atoms with Crippen LogP contribution in [-0.2, 0) is 15.1 Å². The molecule has 0 fully saturated rings. The van der Waals surface area contributed by atoms with Crippen LogP contribution in [0.15, 0.2) is 45.8 Å². The number of aryl methyl sites for hydroxylation is 2. The first-order chi connectivity index (χ1) is 16.9. The second-order valence-corrected chi connectivity index (χ2v) is 7.83. The van der Waals surface area contributed by atoms with Crippen molar-refractivity contribution in [3.05, 3.63) is 64.2 Å². The Morgan fingerprint density at radius 2 is 1.92 bits per heavy atom. The van der Waals surface area contributed by atoms with Crippen LogP contribution >= 0.6 is 0 Å². The lowest BCUT2D eigenvalue weighted by Crippen LogP contribution is -2.56. The standard InChI is InChI=1S/C20H17N5O4.C2HF3O2/c1-10-15(11(2)29-24-10)12-6-7-13-16-17(12)28-9-20(18(21)26,25(16)19(27)23-13)14-5-3-4-8-22-14;3-2(4,5)1(6)7/h3-8H,9H2,1-2H3,(H2,21,26)(H,23,27);(H,6,7). The molecule has 0 saturated heterocycles. The maximum atomic E-state index is 13.0. The molecule has 4 heterocycles. The molecule has 4 N–H and O–H groups in total. The van der Waals surface area contributed by atoms with Gasteiger partial charge in [0.1, 0.15) is 17.9 Å². The Bertz CT molecular complexity index is 1520. The number of alkyl halides is 3. The maximum absolute atomic E-state index is 13.0. The Hall–Kier alpha value is -4.62. The number of aromatic amines is 1. The van der Waals surface area contributed by atoms with E-state index in [2.05, 4.69) is 15.1 Å². The van der Waals surface area contributed by atoms with Crippen LogP contribution in [0.4, 0.5) is 13.2 Å². The number of nitrogens with one attached hydrogen (secondary N) is 1. The SMILES string of the molecule is Cc1noc(C)c1-c1ccc2[nH]c(=O)n3c2c1OCC3(C(N)=O)c1ccccn1.O=C(O)C(F)(F)F. The average molecular weight is 505 g/mol. The Kier molecular flexibility index (Phi) is 5.82. The van der Waals surface area contributed by atoms with E-state index in [4.69, 9.17) is 24.9 Å². The molecular weight excluding hydrogens is 487 g/mol. The highest BCUT2D eigenvalue weighted by Gasteiger charge is 2.49. The average Bonchev–Trinajstić information content (AvgIpc) is 3.34. The lowest BCUT2D eigenvalue weighted by atomic mass is 9.91. The Balaban J connectivity index is 0.000000384. The van der Waals surface area contributed by atoms with Crippen LogP contribution in [0.5, 0.6) is 5.75 Å². The van der Waals surface area contributed by atoms with Crippen molar-refractivity contribution < 1.29 is 37.1 Å². The fourth-order valence-electron chi connectivity index (χ4n) is 4.09. The minimum absolute atomic E-state index is 0.167. The first-order valence-electron chi connectivity index (χ1n) is 10.3. The second-order valence-electron chi connectivity index (χ2n) is 7.83. The van der Waals surface area contributed by atoms with Gasteiger partial charge in [0.05, 0.1) is 22.5 Å². The van der Waals surface area contributed by atoms with E-state index in [1.54, 1.807) is 37.4 Å². The van der Waals surface area contributed by atoms with E-state index in [1.807, 2.05) is 13.0 Å². The number of hydrogen-bond acceptors (Lipinski definition) is 7. The van der Waals surface area contributed by atoms with Gasteiger partial charge in [0.25, 0.3) is 5.91 Å². The van der Waals surface area contributed by atoms with Crippen molar-refractivity contribution in [1.29, 1.82) is 0 Å². The molecule has 1 unspecified atom stereocenters. The lowest BCUT2D eigenvalue weighted by molar-refractivity contribution is -0.192. The number of imidazole rings is 1. The van der Waals surface area contributed by atoms with Gasteiger partial charge in [0.15, 0.2) is 5.75 Å². The van der Waals surface area contributed by atoms with Crippen molar-refractivity contribution >= 4 is 22.9 Å². The zero-order valence-electron chi connectivity index (χ0n) is 18.7. The molecule has 0 radical (unpaired) electrons. The molecule has 0 spiro atoms. The van der Waals surface area contributed by atoms with E-state index in [1.165, 1.54) is 4.57 Å². The van der Waals surface area contributed by atoms with Gasteiger partial charge in [-0.2, -0.15) is 13.2 Å². The predicted molar refractivity (Wildman–Crippen MR) is 117 cm³/mol. The third-order valence-electron chi connectivity index (χ3n) is 5.65. The second kappa shape index (κ2) is 8.55. The highest BCUT2D eigenvalue weighted by atomic mass is 19.4. The molecule has 0 aliphatic carbocycles. The zero-order chi connectivity index (χ0) is 26.4. The molecule has 3 aromatic heterocycles. The summed E-state index contributed by atoms with van der Waals surface area (Å²) in [5, 5.41) is 11.1. The number of nitrogens with zero attached hydrogens (tertiary/aromatic N) is 3. The maximum Gasteiger partial charge on any atom is 0.490 e. The Morgan fingerprint density at radius 1 is 1.22 bits per heavy atom. The normalized spacial score (nSPS) is 16.7. The van der Waals surface area contributed by atoms with Gasteiger partial charge < -0.3 is 25.1 Å². The molecule has 5 rings (SSSR count). The van der Waals surface area contributed by atoms with Crippen molar-refractivity contribution in [2.45, 2.75) is 25.6 Å². The number of benzene rings is 1. The molecule has 11 nitrogen and oxygen atoms in total. The monoisotopic (exact) mass is 505 g/mol. The number of aromatic nitrogens is 4. The quantitative estimate of drug-likeness (QED) is 0.381. The number of pyridine rings is 1. The van der Waals surface area contributed by atoms with Crippen LogP contribution in [0, 0.1) is 13.8 Å². The van der Waals surface area contributed by atoms with Crippen molar-refractivity contribution in [1.82, 2.24) is 19.7 Å². The van der Waals surface area contributed by atoms with Gasteiger partial charge in [-0.25, -0.2) is 9.59 Å². The summed E-state index contributed by atoms with van der Waals surface area (Å²) >= 11 is 0. The number of primary amides is 1. The number of H-pyrrole nitrogens is 1. The number of rotatable bonds is 3. The molecule has 14 heteroatoms. The molecule has 4 aromatic rings. The zero-order valence-corrected chi connectivity index (χ0v) is 18.7. The fraction of sp³-hybridized carbons (Fsp3) is 0.227. The van der Waals surface area contributed by atoms with E-state index in [9.17, 15) is 22.8 Å². The first kappa shape index (κ1) is 24.5. The molecule has 1 atom stereocenters. The molecular formula is C22H18F3N5O6. The van der Waals surface area contributed by atoms with Crippen molar-refractivity contribution in [2.75, 3.05) is 6.61 Å². The number of carbonyl (C=O) groups excluding carboxylic acids is 1. The summed E-state index contributed by atoms with van der Waals surface area (Å²) in [4.78, 5) is 41.7. The molecule has 1 aliphatic rings. The molecule has 1 aromatic carbocycles. The van der Waals surface area contributed by atoms with Crippen molar-refractivity contribution in [3.8, 4) is 16.9 Å². The lowest BCUT2D eigenvalue weighted by Gasteiger charge is -2.35. The molecule has 0 bridgehead atoms. The van der Waals surface area contributed by atoms with Crippen LogP contribution < -0.4 is 16.2 Å². The van der Waals surface area contributed by atoms with Gasteiger partial charge in [-0.05, 0) is 38.1 Å². The number of halogens is 3. The van der Waals surface area contributed by atoms with E-state index >= 15 is 0 Å². The van der Waals surface area contributed by atoms with Gasteiger partial charge >= 0.3 is 17.8 Å². The summed E-state index contributed by atoms with van der Waals surface area (Å²) in [5.74, 6) is -2.40. The summed E-state index contributed by atoms with van der Waals surface area (Å²) in [5.41, 5.74) is 7.30. The summed E-state index contributed by atoms with van der Waals surface area (Å²) < 4.78 is 44.5. The van der Waals surface area contributed by atoms with Crippen molar-refractivity contribution in [2.24, 2.45) is 5.73 Å². The van der Waals surface area contributed by atoms with E-state index in [0.717, 1.165) is 11.1 Å². The molecule has 1 amide bonds. The van der Waals surface area contributed by atoms with Crippen LogP contribution in [-0.4, -0.2) is 49.5 Å². The highest BCUT2D eigenvalue weighted by molar-refractivity contribution is 5.96. The Labute approximate surface area is 199 Å². The summed E-state index contributed by atoms with van der Waals surface area (Å²) in [7, 11) is 0. The number of nitrogens with two attached hydrogens (primary N) is 1. The number of carboxylic acids is 1. The van der Waals surface area contributed by atoms with Crippen LogP contribution in [0.1, 0.15) is 17.1 Å². The van der Waals surface area contributed by atoms with Crippen LogP contribution in [0.2, 0.25) is 0 Å². The third kappa shape index (κ3) is 3.76. The number of ether oxygens (including phenoxy) is 1. The van der Waals surface area contributed by atoms with Crippen LogP contribution in [0.25, 0.3) is 22.2 Å². The van der Waals surface area contributed by atoms with Gasteiger partial charge in [-0.1, -0.05) is 11.2 Å². The summed E-state index contributed by atoms with van der Waals surface area (Å²) in [6.07, 6.45) is -3.54. The fourth-order valence-corrected chi connectivity index (χ4v) is 4.09. The summed E-state index contributed by atoms with van der Waals surface area (Å²) in [6, 6.07) is 8.71. The topological polar surface area (TPSA) is 166 Å². The number of amides is 1. The smallest absolute Gasteiger partial charge is 0.487 e. The van der Waals surface area contributed by atoms with E-state index in [0.29, 0.717) is 33.9 Å². The minimum Gasteiger partial charge on any atom is -0.487 e. The molecule has 0 saturated carbocycles. The van der Waals surface area contributed by atoms with Gasteiger partial charge in [0, 0.05) is 11.8 Å². The number of hydrogen-bond donors (Lipinski definition) is 3. The predicted octanol–water partition coefficient (Wildman–Crippen LogP) is 2.25. The van der Waals surface area contributed by atoms with E-state index in [-0.39, 0.29) is 6.61 Å². The molecule has 1 aliphatic heterocycles. The first-order valence-corrected chi connectivity index (χ1v) is 10.3. The van der Waals surface area contributed by atoms with E-state index < -0.39 is 29.3 Å². The van der Waals surface area contributed by atoms with Crippen LogP contribution in [0.3, 0.4) is 0 Å². The highest BCUT2D eigenvalue weighted by Crippen LogP contribution is 2.44. The Morgan fingerprint density at radius 3 is 2.44 bits per heavy atom. The number of aliphatic carboxylic acids is 1. The largest absolute Gasteiger partial charge is 0.490 e. The van der Waals surface area contributed by atoms with Gasteiger partial charge in [-0.3, -0.25) is 14.3 Å². The number of carboxylic acid groups (broad SMARTS) is 1.